The fourth-order valence-corrected chi connectivity index (χ4v) is 6.96. The van der Waals surface area contributed by atoms with Crippen LogP contribution in [0.25, 0.3) is 0 Å². The Kier molecular flexibility index (Phi) is 11.6. The minimum absolute atomic E-state index is 0.0257. The number of hydrogen-bond donors (Lipinski definition) is 2. The molecule has 3 rings (SSSR count). The molecule has 12 heteroatoms. The van der Waals surface area contributed by atoms with Crippen molar-refractivity contribution in [3.8, 4) is 5.75 Å². The van der Waals surface area contributed by atoms with Crippen molar-refractivity contribution in [1.29, 1.82) is 0 Å². The standard InChI is InChI=1S/C27H41N3O8S/c1-3-38-27(33)21-13-16-29(17-14-21)25(31)15-18-30(39(35,36)23-11-9-22(37-2)10-12-23)19-24(26(32)28-34)20-7-5-4-6-8-20/h9-12,20-21,24,34H,3-8,13-19H2,1-2H3,(H,28,32). The molecular formula is C27H41N3O8S. The number of hydrogen-bond acceptors (Lipinski definition) is 8. The van der Waals surface area contributed by atoms with Gasteiger partial charge in [-0.2, -0.15) is 4.31 Å². The van der Waals surface area contributed by atoms with Crippen molar-refractivity contribution in [3.63, 3.8) is 0 Å². The van der Waals surface area contributed by atoms with Gasteiger partial charge in [-0.1, -0.05) is 19.3 Å². The molecule has 2 amide bonds. The molecule has 11 nitrogen and oxygen atoms in total. The van der Waals surface area contributed by atoms with E-state index in [0.717, 1.165) is 32.1 Å². The molecule has 1 aliphatic heterocycles. The highest BCUT2D eigenvalue weighted by molar-refractivity contribution is 7.89. The van der Waals surface area contributed by atoms with E-state index in [0.29, 0.717) is 38.3 Å². The first-order valence-corrected chi connectivity index (χ1v) is 15.2. The highest BCUT2D eigenvalue weighted by Crippen LogP contribution is 2.32. The van der Waals surface area contributed by atoms with Crippen LogP contribution in [0.1, 0.15) is 58.3 Å². The summed E-state index contributed by atoms with van der Waals surface area (Å²) in [4.78, 5) is 39.5. The number of esters is 1. The number of methoxy groups -OCH3 is 1. The number of rotatable bonds is 12. The molecule has 1 heterocycles. The van der Waals surface area contributed by atoms with Gasteiger partial charge in [0.25, 0.3) is 0 Å². The molecule has 1 aliphatic carbocycles. The van der Waals surface area contributed by atoms with Crippen molar-refractivity contribution in [2.45, 2.75) is 63.2 Å². The number of carbonyl (C=O) groups is 3. The van der Waals surface area contributed by atoms with E-state index in [1.807, 2.05) is 0 Å². The van der Waals surface area contributed by atoms with Gasteiger partial charge >= 0.3 is 5.97 Å². The number of likely N-dealkylation sites (tertiary alicyclic amines) is 1. The topological polar surface area (TPSA) is 143 Å². The molecule has 1 saturated heterocycles. The molecule has 2 fully saturated rings. The van der Waals surface area contributed by atoms with E-state index in [4.69, 9.17) is 9.47 Å². The number of nitrogens with one attached hydrogen (secondary N) is 1. The Morgan fingerprint density at radius 2 is 1.72 bits per heavy atom. The Labute approximate surface area is 230 Å². The summed E-state index contributed by atoms with van der Waals surface area (Å²) in [5, 5.41) is 9.43. The Bertz CT molecular complexity index is 1070. The third-order valence-electron chi connectivity index (χ3n) is 7.81. The molecule has 1 aromatic carbocycles. The smallest absolute Gasteiger partial charge is 0.309 e. The molecule has 2 N–H and O–H groups in total. The first kappa shape index (κ1) is 30.8. The van der Waals surface area contributed by atoms with Crippen LogP contribution in [-0.4, -0.2) is 80.5 Å². The molecule has 0 bridgehead atoms. The van der Waals surface area contributed by atoms with E-state index in [1.54, 1.807) is 29.4 Å². The van der Waals surface area contributed by atoms with Gasteiger partial charge in [-0.05, 0) is 62.8 Å². The van der Waals surface area contributed by atoms with Crippen LogP contribution in [-0.2, 0) is 29.1 Å². The number of hydroxylamine groups is 1. The van der Waals surface area contributed by atoms with Crippen LogP contribution in [0, 0.1) is 17.8 Å². The average molecular weight is 568 g/mol. The Morgan fingerprint density at radius 1 is 1.08 bits per heavy atom. The molecule has 0 aromatic heterocycles. The lowest BCUT2D eigenvalue weighted by molar-refractivity contribution is -0.151. The summed E-state index contributed by atoms with van der Waals surface area (Å²) in [6.45, 7) is 2.59. The van der Waals surface area contributed by atoms with Crippen molar-refractivity contribution >= 4 is 27.8 Å². The van der Waals surface area contributed by atoms with Gasteiger partial charge in [-0.15, -0.1) is 0 Å². The Balaban J connectivity index is 1.76. The molecule has 1 atom stereocenters. The third-order valence-corrected chi connectivity index (χ3v) is 9.69. The van der Waals surface area contributed by atoms with Gasteiger partial charge < -0.3 is 14.4 Å². The maximum atomic E-state index is 13.7. The van der Waals surface area contributed by atoms with Crippen LogP contribution >= 0.6 is 0 Å². The van der Waals surface area contributed by atoms with Gasteiger partial charge in [0.2, 0.25) is 21.8 Å². The van der Waals surface area contributed by atoms with Gasteiger partial charge in [0.15, 0.2) is 0 Å². The summed E-state index contributed by atoms with van der Waals surface area (Å²) in [5.41, 5.74) is 1.72. The first-order valence-electron chi connectivity index (χ1n) is 13.7. The number of sulfonamides is 1. The third kappa shape index (κ3) is 8.15. The van der Waals surface area contributed by atoms with Gasteiger partial charge in [0.1, 0.15) is 5.75 Å². The number of nitrogens with zero attached hydrogens (tertiary/aromatic N) is 2. The number of carbonyl (C=O) groups excluding carboxylic acids is 3. The molecule has 2 aliphatic rings. The van der Waals surface area contributed by atoms with Crippen LogP contribution < -0.4 is 10.2 Å². The van der Waals surface area contributed by atoms with E-state index < -0.39 is 21.8 Å². The van der Waals surface area contributed by atoms with E-state index in [9.17, 15) is 28.0 Å². The molecule has 218 valence electrons. The zero-order valence-electron chi connectivity index (χ0n) is 22.8. The first-order chi connectivity index (χ1) is 18.7. The average Bonchev–Trinajstić information content (AvgIpc) is 2.97. The second kappa shape index (κ2) is 14.6. The minimum Gasteiger partial charge on any atom is -0.497 e. The summed E-state index contributed by atoms with van der Waals surface area (Å²) in [5.74, 6) is -1.65. The van der Waals surface area contributed by atoms with Gasteiger partial charge in [-0.25, -0.2) is 13.9 Å². The SMILES string of the molecule is CCOC(=O)C1CCN(C(=O)CCN(CC(C(=O)NO)C2CCCCC2)S(=O)(=O)c2ccc(OC)cc2)CC1. The predicted octanol–water partition coefficient (Wildman–Crippen LogP) is 2.58. The molecule has 1 unspecified atom stereocenters. The summed E-state index contributed by atoms with van der Waals surface area (Å²) < 4.78 is 38.9. The highest BCUT2D eigenvalue weighted by Gasteiger charge is 2.36. The highest BCUT2D eigenvalue weighted by atomic mass is 32.2. The van der Waals surface area contributed by atoms with Crippen LogP contribution in [0.15, 0.2) is 29.2 Å². The number of ether oxygens (including phenoxy) is 2. The van der Waals surface area contributed by atoms with Crippen molar-refractivity contribution < 1.29 is 37.5 Å². The second-order valence-electron chi connectivity index (χ2n) is 10.2. The lowest BCUT2D eigenvalue weighted by Crippen LogP contribution is -2.46. The van der Waals surface area contributed by atoms with E-state index in [2.05, 4.69) is 0 Å². The van der Waals surface area contributed by atoms with E-state index in [1.165, 1.54) is 23.5 Å². The molecule has 0 spiro atoms. The maximum absolute atomic E-state index is 13.7. The predicted molar refractivity (Wildman–Crippen MR) is 142 cm³/mol. The number of piperidine rings is 1. The fraction of sp³-hybridized carbons (Fsp3) is 0.667. The van der Waals surface area contributed by atoms with Crippen LogP contribution in [0.3, 0.4) is 0 Å². The monoisotopic (exact) mass is 567 g/mol. The van der Waals surface area contributed by atoms with Gasteiger partial charge in [-0.3, -0.25) is 19.6 Å². The molecule has 0 radical (unpaired) electrons. The summed E-state index contributed by atoms with van der Waals surface area (Å²) >= 11 is 0. The lowest BCUT2D eigenvalue weighted by atomic mass is 9.79. The summed E-state index contributed by atoms with van der Waals surface area (Å²) in [7, 11) is -2.58. The van der Waals surface area contributed by atoms with Gasteiger partial charge in [0, 0.05) is 32.6 Å². The largest absolute Gasteiger partial charge is 0.497 e. The van der Waals surface area contributed by atoms with Crippen LogP contribution in [0.4, 0.5) is 0 Å². The summed E-state index contributed by atoms with van der Waals surface area (Å²) in [6.07, 6.45) is 5.39. The zero-order valence-corrected chi connectivity index (χ0v) is 23.7. The second-order valence-corrected chi connectivity index (χ2v) is 12.1. The zero-order chi connectivity index (χ0) is 28.4. The fourth-order valence-electron chi connectivity index (χ4n) is 5.49. The van der Waals surface area contributed by atoms with Gasteiger partial charge in [0.05, 0.1) is 30.4 Å². The van der Waals surface area contributed by atoms with Crippen molar-refractivity contribution in [3.05, 3.63) is 24.3 Å². The summed E-state index contributed by atoms with van der Waals surface area (Å²) in [6, 6.07) is 5.96. The van der Waals surface area contributed by atoms with Crippen LogP contribution in [0.5, 0.6) is 5.75 Å². The van der Waals surface area contributed by atoms with Crippen LogP contribution in [0.2, 0.25) is 0 Å². The van der Waals surface area contributed by atoms with Crippen molar-refractivity contribution in [2.75, 3.05) is 39.9 Å². The Morgan fingerprint density at radius 3 is 2.28 bits per heavy atom. The maximum Gasteiger partial charge on any atom is 0.309 e. The molecule has 1 aromatic rings. The van der Waals surface area contributed by atoms with Crippen molar-refractivity contribution in [1.82, 2.24) is 14.7 Å². The van der Waals surface area contributed by atoms with E-state index >= 15 is 0 Å². The number of benzene rings is 1. The molecular weight excluding hydrogens is 526 g/mol. The lowest BCUT2D eigenvalue weighted by Gasteiger charge is -2.34. The van der Waals surface area contributed by atoms with E-state index in [-0.39, 0.29) is 48.1 Å². The normalized spacial score (nSPS) is 18.0. The number of amides is 2. The molecule has 1 saturated carbocycles. The van der Waals surface area contributed by atoms with Crippen molar-refractivity contribution in [2.24, 2.45) is 17.8 Å². The molecule has 39 heavy (non-hydrogen) atoms. The Hall–Kier alpha value is -2.70. The quantitative estimate of drug-likeness (QED) is 0.223. The minimum atomic E-state index is -4.07.